The molecule has 1 aromatic heterocycles. The maximum Gasteiger partial charge on any atom is 0.277 e. The highest BCUT2D eigenvalue weighted by Gasteiger charge is 2.41. The van der Waals surface area contributed by atoms with Crippen LogP contribution in [0.1, 0.15) is 52.6 Å². The third-order valence-corrected chi connectivity index (χ3v) is 6.42. The fourth-order valence-corrected chi connectivity index (χ4v) is 4.55. The number of rotatable bonds is 4. The van der Waals surface area contributed by atoms with E-state index in [0.29, 0.717) is 12.5 Å². The van der Waals surface area contributed by atoms with Crippen molar-refractivity contribution in [1.29, 1.82) is 0 Å². The monoisotopic (exact) mass is 447 g/mol. The Bertz CT molecular complexity index is 1130. The smallest absolute Gasteiger partial charge is 0.277 e. The van der Waals surface area contributed by atoms with Gasteiger partial charge in [-0.15, -0.1) is 0 Å². The number of nitrogens with zero attached hydrogens (tertiary/aromatic N) is 3. The quantitative estimate of drug-likeness (QED) is 0.729. The van der Waals surface area contributed by atoms with Crippen LogP contribution in [0, 0.1) is 11.7 Å². The first-order chi connectivity index (χ1) is 14.7. The van der Waals surface area contributed by atoms with Crippen molar-refractivity contribution in [2.24, 2.45) is 5.92 Å². The standard InChI is InChI=1S/C22H23ClFN3O4/c1-12-6-9-17-25(2)22(31)19-21(30)20(29)14(11-27(19)26(17)10-12)16(28)8-7-13-4-3-5-15(23)18(13)24/h3-5,11-12,17,30H,6-10H2,1-2H3/t12-,17-/m0/s1. The number of hydrogen-bond acceptors (Lipinski definition) is 5. The summed E-state index contributed by atoms with van der Waals surface area (Å²) in [6, 6.07) is 4.53. The average Bonchev–Trinajstić information content (AvgIpc) is 2.74. The third kappa shape index (κ3) is 3.59. The summed E-state index contributed by atoms with van der Waals surface area (Å²) < 4.78 is 15.6. The molecule has 0 saturated carbocycles. The molecule has 0 aliphatic carbocycles. The lowest BCUT2D eigenvalue weighted by Crippen LogP contribution is -2.63. The summed E-state index contributed by atoms with van der Waals surface area (Å²) >= 11 is 5.79. The zero-order valence-electron chi connectivity index (χ0n) is 17.3. The number of hydrogen-bond donors (Lipinski definition) is 1. The maximum absolute atomic E-state index is 14.1. The molecule has 2 atom stereocenters. The molecule has 1 amide bonds. The molecule has 164 valence electrons. The second kappa shape index (κ2) is 8.00. The molecule has 2 aliphatic rings. The van der Waals surface area contributed by atoms with Crippen molar-refractivity contribution in [3.05, 3.63) is 62.3 Å². The van der Waals surface area contributed by atoms with Gasteiger partial charge in [0.05, 0.1) is 10.6 Å². The van der Waals surface area contributed by atoms with Crippen molar-refractivity contribution in [2.45, 2.75) is 38.8 Å². The first-order valence-corrected chi connectivity index (χ1v) is 10.6. The van der Waals surface area contributed by atoms with Crippen LogP contribution < -0.4 is 10.4 Å². The van der Waals surface area contributed by atoms with E-state index in [1.54, 1.807) is 13.1 Å². The van der Waals surface area contributed by atoms with Gasteiger partial charge in [0.1, 0.15) is 12.0 Å². The van der Waals surface area contributed by atoms with Gasteiger partial charge in [-0.25, -0.2) is 4.39 Å². The maximum atomic E-state index is 14.1. The van der Waals surface area contributed by atoms with Crippen LogP contribution >= 0.6 is 11.6 Å². The molecule has 2 aliphatic heterocycles. The normalized spacial score (nSPS) is 20.5. The number of benzene rings is 1. The summed E-state index contributed by atoms with van der Waals surface area (Å²) in [5, 5.41) is 12.4. The van der Waals surface area contributed by atoms with Gasteiger partial charge in [-0.1, -0.05) is 30.7 Å². The summed E-state index contributed by atoms with van der Waals surface area (Å²) in [5.41, 5.74) is -0.994. The second-order valence-electron chi connectivity index (χ2n) is 8.25. The predicted octanol–water partition coefficient (Wildman–Crippen LogP) is 2.94. The number of amides is 1. The summed E-state index contributed by atoms with van der Waals surface area (Å²) in [6.07, 6.45) is 2.72. The second-order valence-corrected chi connectivity index (χ2v) is 8.66. The Hall–Kier alpha value is -2.87. The highest BCUT2D eigenvalue weighted by atomic mass is 35.5. The molecule has 1 saturated heterocycles. The molecule has 0 unspecified atom stereocenters. The number of aromatic nitrogens is 1. The largest absolute Gasteiger partial charge is 0.502 e. The summed E-state index contributed by atoms with van der Waals surface area (Å²) in [4.78, 5) is 39.9. The Morgan fingerprint density at radius 1 is 1.29 bits per heavy atom. The molecule has 0 bridgehead atoms. The minimum absolute atomic E-state index is 0.0377. The number of pyridine rings is 1. The fourth-order valence-electron chi connectivity index (χ4n) is 4.36. The highest BCUT2D eigenvalue weighted by molar-refractivity contribution is 6.30. The number of carbonyl (C=O) groups is 2. The minimum Gasteiger partial charge on any atom is -0.502 e. The molecular weight excluding hydrogens is 425 g/mol. The van der Waals surface area contributed by atoms with Crippen molar-refractivity contribution >= 4 is 23.3 Å². The molecule has 2 aromatic rings. The SMILES string of the molecule is C[C@H]1CC[C@H]2N(C)C(=O)c3c(O)c(=O)c(C(=O)CCc4cccc(Cl)c4F)cn3N2C1. The molecule has 1 N–H and O–H groups in total. The van der Waals surface area contributed by atoms with Gasteiger partial charge >= 0.3 is 0 Å². The van der Waals surface area contributed by atoms with E-state index in [9.17, 15) is 23.9 Å². The van der Waals surface area contributed by atoms with Crippen molar-refractivity contribution < 1.29 is 19.1 Å². The molecule has 3 heterocycles. The Labute approximate surface area is 183 Å². The molecule has 7 nitrogen and oxygen atoms in total. The number of carbonyl (C=O) groups excluding carboxylic acids is 2. The Kier molecular flexibility index (Phi) is 5.51. The highest BCUT2D eigenvalue weighted by Crippen LogP contribution is 2.30. The van der Waals surface area contributed by atoms with E-state index in [0.717, 1.165) is 12.8 Å². The third-order valence-electron chi connectivity index (χ3n) is 6.13. The van der Waals surface area contributed by atoms with Gasteiger partial charge in [0.2, 0.25) is 5.43 Å². The molecule has 4 rings (SSSR count). The van der Waals surface area contributed by atoms with E-state index < -0.39 is 28.7 Å². The van der Waals surface area contributed by atoms with Gasteiger partial charge in [0.15, 0.2) is 17.2 Å². The number of ketones is 1. The average molecular weight is 448 g/mol. The van der Waals surface area contributed by atoms with Crippen molar-refractivity contribution in [2.75, 3.05) is 18.6 Å². The van der Waals surface area contributed by atoms with E-state index in [1.165, 1.54) is 27.9 Å². The van der Waals surface area contributed by atoms with Crippen LogP contribution in [0.15, 0.2) is 29.2 Å². The van der Waals surface area contributed by atoms with Gasteiger partial charge in [0, 0.05) is 26.2 Å². The zero-order chi connectivity index (χ0) is 22.4. The molecule has 0 spiro atoms. The van der Waals surface area contributed by atoms with Crippen LogP contribution in [0.4, 0.5) is 4.39 Å². The lowest BCUT2D eigenvalue weighted by Gasteiger charge is -2.49. The number of Topliss-reactive ketones (excluding diaryl/α,β-unsaturated/α-hetero) is 1. The lowest BCUT2D eigenvalue weighted by atomic mass is 9.97. The van der Waals surface area contributed by atoms with Gasteiger partial charge in [-0.05, 0) is 36.8 Å². The Balaban J connectivity index is 1.70. The molecule has 1 fully saturated rings. The summed E-state index contributed by atoms with van der Waals surface area (Å²) in [5.74, 6) is -2.00. The van der Waals surface area contributed by atoms with E-state index in [-0.39, 0.29) is 40.9 Å². The lowest BCUT2D eigenvalue weighted by molar-refractivity contribution is 0.0566. The number of fused-ring (bicyclic) bond motifs is 3. The molecule has 31 heavy (non-hydrogen) atoms. The first-order valence-electron chi connectivity index (χ1n) is 10.2. The molecule has 0 radical (unpaired) electrons. The van der Waals surface area contributed by atoms with Gasteiger partial charge in [-0.3, -0.25) is 24.1 Å². The zero-order valence-corrected chi connectivity index (χ0v) is 18.0. The van der Waals surface area contributed by atoms with Crippen molar-refractivity contribution in [1.82, 2.24) is 9.58 Å². The van der Waals surface area contributed by atoms with E-state index in [2.05, 4.69) is 6.92 Å². The van der Waals surface area contributed by atoms with Crippen LogP contribution in [0.3, 0.4) is 0 Å². The van der Waals surface area contributed by atoms with Crippen LogP contribution in [-0.2, 0) is 6.42 Å². The van der Waals surface area contributed by atoms with E-state index >= 15 is 0 Å². The topological polar surface area (TPSA) is 82.9 Å². The summed E-state index contributed by atoms with van der Waals surface area (Å²) in [6.45, 7) is 2.69. The van der Waals surface area contributed by atoms with Crippen LogP contribution in [0.25, 0.3) is 0 Å². The number of aromatic hydroxyl groups is 1. The van der Waals surface area contributed by atoms with E-state index in [1.807, 2.05) is 5.01 Å². The van der Waals surface area contributed by atoms with Gasteiger partial charge in [0.25, 0.3) is 5.91 Å². The number of piperidine rings is 1. The van der Waals surface area contributed by atoms with Crippen LogP contribution in [0.5, 0.6) is 5.75 Å². The first kappa shape index (κ1) is 21.4. The van der Waals surface area contributed by atoms with Gasteiger partial charge in [-0.2, -0.15) is 0 Å². The Morgan fingerprint density at radius 3 is 2.77 bits per heavy atom. The molecule has 9 heteroatoms. The number of aryl methyl sites for hydroxylation is 1. The number of halogens is 2. The van der Waals surface area contributed by atoms with E-state index in [4.69, 9.17) is 11.6 Å². The molecule has 1 aromatic carbocycles. The molecular formula is C22H23ClFN3O4. The van der Waals surface area contributed by atoms with Crippen molar-refractivity contribution in [3.63, 3.8) is 0 Å². The summed E-state index contributed by atoms with van der Waals surface area (Å²) in [7, 11) is 1.64. The fraction of sp³-hybridized carbons (Fsp3) is 0.409. The predicted molar refractivity (Wildman–Crippen MR) is 114 cm³/mol. The van der Waals surface area contributed by atoms with Crippen LogP contribution in [0.2, 0.25) is 5.02 Å². The van der Waals surface area contributed by atoms with Crippen LogP contribution in [-0.4, -0.2) is 46.1 Å². The Morgan fingerprint density at radius 2 is 2.03 bits per heavy atom. The minimum atomic E-state index is -0.895. The van der Waals surface area contributed by atoms with Gasteiger partial charge < -0.3 is 10.0 Å². The van der Waals surface area contributed by atoms with Crippen molar-refractivity contribution in [3.8, 4) is 5.75 Å².